The van der Waals surface area contributed by atoms with Gasteiger partial charge in [0.2, 0.25) is 11.8 Å². The van der Waals surface area contributed by atoms with Crippen LogP contribution in [0.4, 0.5) is 5.69 Å². The lowest BCUT2D eigenvalue weighted by molar-refractivity contribution is -0.155. The van der Waals surface area contributed by atoms with Crippen molar-refractivity contribution in [1.82, 2.24) is 4.90 Å². The number of aliphatic hydroxyl groups excluding tert-OH is 1. The lowest BCUT2D eigenvalue weighted by Crippen LogP contribution is -2.51. The number of carbonyl (C=O) groups excluding carboxylic acids is 2. The van der Waals surface area contributed by atoms with Crippen molar-refractivity contribution in [2.45, 2.75) is 38.0 Å². The topological polar surface area (TPSA) is 78.9 Å². The van der Waals surface area contributed by atoms with E-state index in [1.807, 2.05) is 30.3 Å². The monoisotopic (exact) mass is 394 g/mol. The van der Waals surface area contributed by atoms with Gasteiger partial charge in [-0.25, -0.2) is 0 Å². The molecular formula is C23H26N2O4. The molecule has 2 amide bonds. The molecule has 2 aliphatic rings. The molecule has 2 aromatic carbocycles. The molecule has 6 nitrogen and oxygen atoms in total. The highest BCUT2D eigenvalue weighted by Crippen LogP contribution is 2.29. The number of hydrogen-bond acceptors (Lipinski definition) is 4. The minimum Gasteiger partial charge on any atom is -0.386 e. The summed E-state index contributed by atoms with van der Waals surface area (Å²) in [5, 5.41) is 13.9. The second-order valence-electron chi connectivity index (χ2n) is 7.77. The second-order valence-corrected chi connectivity index (χ2v) is 7.77. The minimum atomic E-state index is -0.876. The van der Waals surface area contributed by atoms with Gasteiger partial charge in [0.05, 0.1) is 12.6 Å². The van der Waals surface area contributed by atoms with Gasteiger partial charge in [-0.15, -0.1) is 0 Å². The normalized spacial score (nSPS) is 20.8. The van der Waals surface area contributed by atoms with Crippen LogP contribution in [-0.4, -0.2) is 41.1 Å². The third-order valence-corrected chi connectivity index (χ3v) is 5.79. The first-order chi connectivity index (χ1) is 14.1. The largest absolute Gasteiger partial charge is 0.386 e. The number of nitrogens with zero attached hydrogens (tertiary/aromatic N) is 1. The molecule has 0 unspecified atom stereocenters. The number of aliphatic hydroxyl groups is 1. The van der Waals surface area contributed by atoms with E-state index in [2.05, 4.69) is 5.32 Å². The van der Waals surface area contributed by atoms with Crippen LogP contribution in [0.5, 0.6) is 0 Å². The van der Waals surface area contributed by atoms with E-state index in [-0.39, 0.29) is 30.9 Å². The number of benzene rings is 2. The maximum Gasteiger partial charge on any atom is 0.249 e. The molecule has 0 spiro atoms. The van der Waals surface area contributed by atoms with Crippen molar-refractivity contribution < 1.29 is 19.4 Å². The van der Waals surface area contributed by atoms with Crippen molar-refractivity contribution in [1.29, 1.82) is 0 Å². The first-order valence-corrected chi connectivity index (χ1v) is 10.1. The average Bonchev–Trinajstić information content (AvgIpc) is 2.69. The van der Waals surface area contributed by atoms with Crippen molar-refractivity contribution in [2.24, 2.45) is 5.92 Å². The van der Waals surface area contributed by atoms with Crippen LogP contribution in [0.25, 0.3) is 0 Å². The van der Waals surface area contributed by atoms with Gasteiger partial charge in [-0.2, -0.15) is 0 Å². The summed E-state index contributed by atoms with van der Waals surface area (Å²) in [5.41, 5.74) is 2.41. The summed E-state index contributed by atoms with van der Waals surface area (Å²) in [7, 11) is 0. The molecule has 4 rings (SSSR count). The Morgan fingerprint density at radius 3 is 2.52 bits per heavy atom. The smallest absolute Gasteiger partial charge is 0.249 e. The fourth-order valence-electron chi connectivity index (χ4n) is 3.77. The number of rotatable bonds is 6. The number of morpholine rings is 1. The molecule has 1 aliphatic carbocycles. The quantitative estimate of drug-likeness (QED) is 0.790. The van der Waals surface area contributed by atoms with Gasteiger partial charge >= 0.3 is 0 Å². The molecule has 2 atom stereocenters. The molecule has 2 fully saturated rings. The van der Waals surface area contributed by atoms with Gasteiger partial charge in [-0.05, 0) is 36.1 Å². The number of ether oxygens (including phenoxy) is 1. The first-order valence-electron chi connectivity index (χ1n) is 10.1. The van der Waals surface area contributed by atoms with Gasteiger partial charge in [0.1, 0.15) is 12.7 Å². The molecule has 1 saturated carbocycles. The van der Waals surface area contributed by atoms with Crippen molar-refractivity contribution in [3.05, 3.63) is 65.7 Å². The van der Waals surface area contributed by atoms with Gasteiger partial charge in [0, 0.05) is 18.2 Å². The number of hydrogen-bond donors (Lipinski definition) is 2. The predicted octanol–water partition coefficient (Wildman–Crippen LogP) is 2.89. The van der Waals surface area contributed by atoms with Crippen molar-refractivity contribution >= 4 is 17.5 Å². The Bertz CT molecular complexity index is 849. The Kier molecular flexibility index (Phi) is 5.92. The summed E-state index contributed by atoms with van der Waals surface area (Å²) < 4.78 is 5.42. The van der Waals surface area contributed by atoms with Crippen molar-refractivity contribution in [2.75, 3.05) is 18.5 Å². The standard InChI is InChI=1S/C23H26N2O4/c26-21-15-29-14-20(25(21)13-16-5-2-1-3-6-16)22(27)17-9-11-19(12-10-17)24-23(28)18-7-4-8-18/h1-3,5-6,9-12,18,20,22,27H,4,7-8,13-15H2,(H,24,28)/t20-,22-/m1/s1. The lowest BCUT2D eigenvalue weighted by Gasteiger charge is -2.38. The molecule has 0 aromatic heterocycles. The van der Waals surface area contributed by atoms with Crippen LogP contribution in [0.2, 0.25) is 0 Å². The predicted molar refractivity (Wildman–Crippen MR) is 109 cm³/mol. The minimum absolute atomic E-state index is 0.0300. The molecule has 2 N–H and O–H groups in total. The molecule has 0 bridgehead atoms. The zero-order chi connectivity index (χ0) is 20.2. The van der Waals surface area contributed by atoms with Crippen molar-refractivity contribution in [3.8, 4) is 0 Å². The molecular weight excluding hydrogens is 368 g/mol. The van der Waals surface area contributed by atoms with E-state index < -0.39 is 12.1 Å². The van der Waals surface area contributed by atoms with Crippen LogP contribution in [0.3, 0.4) is 0 Å². The van der Waals surface area contributed by atoms with Crippen LogP contribution in [-0.2, 0) is 20.9 Å². The van der Waals surface area contributed by atoms with E-state index in [9.17, 15) is 14.7 Å². The van der Waals surface area contributed by atoms with Crippen molar-refractivity contribution in [3.63, 3.8) is 0 Å². The molecule has 1 heterocycles. The molecule has 2 aromatic rings. The molecule has 1 saturated heterocycles. The van der Waals surface area contributed by atoms with Gasteiger partial charge in [0.25, 0.3) is 0 Å². The molecule has 6 heteroatoms. The fourth-order valence-corrected chi connectivity index (χ4v) is 3.77. The molecule has 152 valence electrons. The third kappa shape index (κ3) is 4.49. The summed E-state index contributed by atoms with van der Waals surface area (Å²) in [5.74, 6) is 0.0515. The van der Waals surface area contributed by atoms with E-state index in [0.29, 0.717) is 12.1 Å². The van der Waals surface area contributed by atoms with Gasteiger partial charge in [-0.1, -0.05) is 48.9 Å². The molecule has 0 radical (unpaired) electrons. The highest BCUT2D eigenvalue weighted by Gasteiger charge is 2.34. The van der Waals surface area contributed by atoms with Crippen LogP contribution in [0.15, 0.2) is 54.6 Å². The zero-order valence-electron chi connectivity index (χ0n) is 16.3. The van der Waals surface area contributed by atoms with Gasteiger partial charge < -0.3 is 20.1 Å². The number of nitrogens with one attached hydrogen (secondary N) is 1. The molecule has 29 heavy (non-hydrogen) atoms. The Balaban J connectivity index is 1.45. The Morgan fingerprint density at radius 1 is 1.14 bits per heavy atom. The number of amides is 2. The Morgan fingerprint density at radius 2 is 1.86 bits per heavy atom. The number of carbonyl (C=O) groups is 2. The van der Waals surface area contributed by atoms with Crippen LogP contribution in [0, 0.1) is 5.92 Å². The van der Waals surface area contributed by atoms with E-state index in [1.165, 1.54) is 0 Å². The SMILES string of the molecule is O=C(Nc1ccc([C@@H](O)[C@H]2COCC(=O)N2Cc2ccccc2)cc1)C1CCC1. The van der Waals surface area contributed by atoms with E-state index in [4.69, 9.17) is 4.74 Å². The summed E-state index contributed by atoms with van der Waals surface area (Å²) in [6.45, 7) is 0.738. The highest BCUT2D eigenvalue weighted by atomic mass is 16.5. The summed E-state index contributed by atoms with van der Waals surface area (Å²) in [6, 6.07) is 16.4. The third-order valence-electron chi connectivity index (χ3n) is 5.79. The van der Waals surface area contributed by atoms with Gasteiger partial charge in [-0.3, -0.25) is 9.59 Å². The van der Waals surface area contributed by atoms with Crippen LogP contribution < -0.4 is 5.32 Å². The zero-order valence-corrected chi connectivity index (χ0v) is 16.3. The van der Waals surface area contributed by atoms with Crippen LogP contribution in [0.1, 0.15) is 36.5 Å². The lowest BCUT2D eigenvalue weighted by atomic mass is 9.85. The maximum absolute atomic E-state index is 12.5. The second kappa shape index (κ2) is 8.76. The number of anilines is 1. The summed E-state index contributed by atoms with van der Waals surface area (Å²) >= 11 is 0. The first kappa shape index (κ1) is 19.6. The van der Waals surface area contributed by atoms with Gasteiger partial charge in [0.15, 0.2) is 0 Å². The Hall–Kier alpha value is -2.70. The van der Waals surface area contributed by atoms with E-state index >= 15 is 0 Å². The maximum atomic E-state index is 12.5. The van der Waals surface area contributed by atoms with Crippen LogP contribution >= 0.6 is 0 Å². The van der Waals surface area contributed by atoms with E-state index in [0.717, 1.165) is 30.5 Å². The fraction of sp³-hybridized carbons (Fsp3) is 0.391. The highest BCUT2D eigenvalue weighted by molar-refractivity contribution is 5.93. The summed E-state index contributed by atoms with van der Waals surface area (Å²) in [6.07, 6.45) is 2.15. The summed E-state index contributed by atoms with van der Waals surface area (Å²) in [4.78, 5) is 26.2. The average molecular weight is 394 g/mol. The molecule has 1 aliphatic heterocycles. The van der Waals surface area contributed by atoms with E-state index in [1.54, 1.807) is 29.2 Å². The Labute approximate surface area is 170 Å².